The summed E-state index contributed by atoms with van der Waals surface area (Å²) in [6, 6.07) is 5.76. The predicted molar refractivity (Wildman–Crippen MR) is 81.9 cm³/mol. The van der Waals surface area contributed by atoms with E-state index < -0.39 is 0 Å². The molecule has 1 aliphatic rings. The lowest BCUT2D eigenvalue weighted by atomic mass is 10.1. The van der Waals surface area contributed by atoms with Crippen molar-refractivity contribution in [3.05, 3.63) is 53.6 Å². The number of amides is 1. The maximum absolute atomic E-state index is 12.5. The molecule has 3 aromatic rings. The molecule has 0 bridgehead atoms. The van der Waals surface area contributed by atoms with Gasteiger partial charge in [0.1, 0.15) is 5.82 Å². The molecule has 0 aromatic carbocycles. The van der Waals surface area contributed by atoms with E-state index >= 15 is 0 Å². The predicted octanol–water partition coefficient (Wildman–Crippen LogP) is 2.56. The lowest BCUT2D eigenvalue weighted by Crippen LogP contribution is -2.16. The third-order valence-corrected chi connectivity index (χ3v) is 3.89. The Kier molecular flexibility index (Phi) is 2.89. The number of carbonyl (C=O) groups excluding carboxylic acids is 1. The van der Waals surface area contributed by atoms with Gasteiger partial charge in [-0.2, -0.15) is 5.10 Å². The molecule has 4 rings (SSSR count). The van der Waals surface area contributed by atoms with E-state index in [1.165, 1.54) is 18.4 Å². The summed E-state index contributed by atoms with van der Waals surface area (Å²) in [6.07, 6.45) is 7.53. The van der Waals surface area contributed by atoms with Crippen LogP contribution in [-0.4, -0.2) is 25.5 Å². The average Bonchev–Trinajstić information content (AvgIpc) is 3.26. The van der Waals surface area contributed by atoms with Crippen molar-refractivity contribution in [1.29, 1.82) is 0 Å². The van der Waals surface area contributed by atoms with E-state index in [0.717, 1.165) is 5.65 Å². The maximum Gasteiger partial charge on any atom is 0.260 e. The first-order valence-electron chi connectivity index (χ1n) is 7.29. The largest absolute Gasteiger partial charge is 0.306 e. The zero-order valence-electron chi connectivity index (χ0n) is 12.2. The van der Waals surface area contributed by atoms with Crippen molar-refractivity contribution < 1.29 is 4.79 Å². The third kappa shape index (κ3) is 2.32. The molecular weight excluding hydrogens is 278 g/mol. The van der Waals surface area contributed by atoms with Gasteiger partial charge in [-0.1, -0.05) is 0 Å². The van der Waals surface area contributed by atoms with Gasteiger partial charge < -0.3 is 5.32 Å². The summed E-state index contributed by atoms with van der Waals surface area (Å²) in [6.45, 7) is 1.82. The van der Waals surface area contributed by atoms with E-state index in [1.807, 2.05) is 19.1 Å². The smallest absolute Gasteiger partial charge is 0.260 e. The molecule has 0 radical (unpaired) electrons. The van der Waals surface area contributed by atoms with Crippen LogP contribution in [0.5, 0.6) is 0 Å². The fourth-order valence-electron chi connectivity index (χ4n) is 2.54. The van der Waals surface area contributed by atoms with Crippen molar-refractivity contribution in [3.63, 3.8) is 0 Å². The zero-order valence-corrected chi connectivity index (χ0v) is 12.2. The summed E-state index contributed by atoms with van der Waals surface area (Å²) < 4.78 is 1.59. The molecule has 6 nitrogen and oxygen atoms in total. The van der Waals surface area contributed by atoms with Gasteiger partial charge in [-0.05, 0) is 43.4 Å². The molecule has 0 saturated heterocycles. The van der Waals surface area contributed by atoms with E-state index in [2.05, 4.69) is 20.4 Å². The first-order valence-corrected chi connectivity index (χ1v) is 7.29. The number of rotatable bonds is 3. The minimum absolute atomic E-state index is 0.220. The van der Waals surface area contributed by atoms with E-state index in [1.54, 1.807) is 29.2 Å². The third-order valence-electron chi connectivity index (χ3n) is 3.89. The number of hydrogen-bond donors (Lipinski definition) is 1. The van der Waals surface area contributed by atoms with Crippen LogP contribution in [0.3, 0.4) is 0 Å². The van der Waals surface area contributed by atoms with Crippen LogP contribution in [0.15, 0.2) is 36.8 Å². The highest BCUT2D eigenvalue weighted by atomic mass is 16.1. The van der Waals surface area contributed by atoms with Gasteiger partial charge in [-0.15, -0.1) is 0 Å². The van der Waals surface area contributed by atoms with Crippen molar-refractivity contribution in [3.8, 4) is 0 Å². The van der Waals surface area contributed by atoms with Gasteiger partial charge in [0.05, 0.1) is 17.5 Å². The number of aryl methyl sites for hydroxylation is 1. The molecule has 6 heteroatoms. The average molecular weight is 293 g/mol. The number of fused-ring (bicyclic) bond motifs is 1. The number of aromatic nitrogens is 4. The maximum atomic E-state index is 12.5. The number of nitrogens with zero attached hydrogens (tertiary/aromatic N) is 4. The minimum atomic E-state index is -0.220. The Morgan fingerprint density at radius 2 is 2.18 bits per heavy atom. The second-order valence-corrected chi connectivity index (χ2v) is 5.58. The Labute approximate surface area is 127 Å². The molecule has 1 amide bonds. The van der Waals surface area contributed by atoms with Crippen molar-refractivity contribution >= 4 is 17.4 Å². The van der Waals surface area contributed by atoms with Crippen molar-refractivity contribution in [1.82, 2.24) is 19.6 Å². The fourth-order valence-corrected chi connectivity index (χ4v) is 2.54. The Bertz CT molecular complexity index is 866. The monoisotopic (exact) mass is 293 g/mol. The van der Waals surface area contributed by atoms with E-state index in [0.29, 0.717) is 23.0 Å². The highest BCUT2D eigenvalue weighted by Crippen LogP contribution is 2.40. The van der Waals surface area contributed by atoms with Crippen LogP contribution in [0, 0.1) is 6.92 Å². The molecule has 1 saturated carbocycles. The van der Waals surface area contributed by atoms with Gasteiger partial charge >= 0.3 is 0 Å². The lowest BCUT2D eigenvalue weighted by Gasteiger charge is -2.08. The van der Waals surface area contributed by atoms with Gasteiger partial charge in [0.15, 0.2) is 5.65 Å². The highest BCUT2D eigenvalue weighted by molar-refractivity contribution is 6.04. The SMILES string of the molecule is Cc1nc2ccnn2cc1C(=O)Nc1cc(C2CC2)ccn1. The highest BCUT2D eigenvalue weighted by Gasteiger charge is 2.24. The Hall–Kier alpha value is -2.76. The summed E-state index contributed by atoms with van der Waals surface area (Å²) in [5, 5.41) is 6.96. The molecule has 1 N–H and O–H groups in total. The first kappa shape index (κ1) is 12.9. The van der Waals surface area contributed by atoms with E-state index in [9.17, 15) is 4.79 Å². The Balaban J connectivity index is 1.62. The molecule has 0 aliphatic heterocycles. The van der Waals surface area contributed by atoms with Crippen LogP contribution in [0.4, 0.5) is 5.82 Å². The van der Waals surface area contributed by atoms with Crippen LogP contribution in [0.2, 0.25) is 0 Å². The number of anilines is 1. The van der Waals surface area contributed by atoms with Crippen LogP contribution in [0.1, 0.15) is 40.4 Å². The summed E-state index contributed by atoms with van der Waals surface area (Å²) in [5.74, 6) is 0.986. The molecule has 3 heterocycles. The molecule has 0 spiro atoms. The van der Waals surface area contributed by atoms with Crippen molar-refractivity contribution in [2.75, 3.05) is 5.32 Å². The summed E-state index contributed by atoms with van der Waals surface area (Å²) in [4.78, 5) is 21.1. The van der Waals surface area contributed by atoms with Crippen LogP contribution in [-0.2, 0) is 0 Å². The molecule has 0 atom stereocenters. The standard InChI is InChI=1S/C16H15N5O/c1-10-13(9-21-15(19-10)5-7-18-21)16(22)20-14-8-12(4-6-17-14)11-2-3-11/h4-9,11H,2-3H2,1H3,(H,17,20,22). The molecular formula is C16H15N5O. The molecule has 22 heavy (non-hydrogen) atoms. The minimum Gasteiger partial charge on any atom is -0.306 e. The normalized spacial score (nSPS) is 14.2. The van der Waals surface area contributed by atoms with Gasteiger partial charge in [0, 0.05) is 18.5 Å². The number of pyridine rings is 1. The second-order valence-electron chi connectivity index (χ2n) is 5.58. The van der Waals surface area contributed by atoms with Crippen LogP contribution in [0.25, 0.3) is 5.65 Å². The van der Waals surface area contributed by atoms with Crippen molar-refractivity contribution in [2.45, 2.75) is 25.7 Å². The van der Waals surface area contributed by atoms with Gasteiger partial charge in [0.25, 0.3) is 5.91 Å². The fraction of sp³-hybridized carbons (Fsp3) is 0.250. The molecule has 0 unspecified atom stereocenters. The number of carbonyl (C=O) groups is 1. The number of hydrogen-bond acceptors (Lipinski definition) is 4. The van der Waals surface area contributed by atoms with Gasteiger partial charge in [-0.3, -0.25) is 4.79 Å². The van der Waals surface area contributed by atoms with E-state index in [-0.39, 0.29) is 5.91 Å². The van der Waals surface area contributed by atoms with Gasteiger partial charge in [0.2, 0.25) is 0 Å². The summed E-state index contributed by atoms with van der Waals surface area (Å²) in [5.41, 5.74) is 3.13. The topological polar surface area (TPSA) is 72.2 Å². The zero-order chi connectivity index (χ0) is 15.1. The van der Waals surface area contributed by atoms with Crippen LogP contribution >= 0.6 is 0 Å². The van der Waals surface area contributed by atoms with E-state index in [4.69, 9.17) is 0 Å². The molecule has 3 aromatic heterocycles. The van der Waals surface area contributed by atoms with Crippen molar-refractivity contribution in [2.24, 2.45) is 0 Å². The summed E-state index contributed by atoms with van der Waals surface area (Å²) >= 11 is 0. The Morgan fingerprint density at radius 3 is 3.00 bits per heavy atom. The summed E-state index contributed by atoms with van der Waals surface area (Å²) in [7, 11) is 0. The first-order chi connectivity index (χ1) is 10.7. The molecule has 1 aliphatic carbocycles. The number of nitrogens with one attached hydrogen (secondary N) is 1. The second kappa shape index (κ2) is 4.91. The lowest BCUT2D eigenvalue weighted by molar-refractivity contribution is 0.102. The molecule has 110 valence electrons. The molecule has 1 fully saturated rings. The Morgan fingerprint density at radius 1 is 1.32 bits per heavy atom. The van der Waals surface area contributed by atoms with Gasteiger partial charge in [-0.25, -0.2) is 14.5 Å². The van der Waals surface area contributed by atoms with Crippen LogP contribution < -0.4 is 5.32 Å². The quantitative estimate of drug-likeness (QED) is 0.805.